The summed E-state index contributed by atoms with van der Waals surface area (Å²) in [6.07, 6.45) is -4.45. The standard InChI is InChI=1S/C18H17ClF4N2/c19-16-6-3-13(18(21,22)23)11-15(16)17(25-9-7-24-8-10-25)12-1-4-14(20)5-2-12/h1-6,11,17,24H,7-10H2. The Labute approximate surface area is 148 Å². The van der Waals surface area contributed by atoms with Crippen LogP contribution in [0.5, 0.6) is 0 Å². The molecule has 1 aliphatic rings. The van der Waals surface area contributed by atoms with Gasteiger partial charge in [-0.05, 0) is 41.5 Å². The minimum atomic E-state index is -4.45. The summed E-state index contributed by atoms with van der Waals surface area (Å²) in [6.45, 7) is 2.78. The fraction of sp³-hybridized carbons (Fsp3) is 0.333. The smallest absolute Gasteiger partial charge is 0.314 e. The average molecular weight is 373 g/mol. The Morgan fingerprint density at radius 1 is 1.00 bits per heavy atom. The van der Waals surface area contributed by atoms with Crippen molar-refractivity contribution in [1.82, 2.24) is 10.2 Å². The predicted octanol–water partition coefficient (Wildman–Crippen LogP) is 4.49. The molecular weight excluding hydrogens is 356 g/mol. The van der Waals surface area contributed by atoms with Crippen LogP contribution in [0.4, 0.5) is 17.6 Å². The summed E-state index contributed by atoms with van der Waals surface area (Å²) in [5, 5.41) is 3.48. The number of rotatable bonds is 3. The Balaban J connectivity index is 2.09. The van der Waals surface area contributed by atoms with E-state index in [1.54, 1.807) is 12.1 Å². The van der Waals surface area contributed by atoms with Crippen molar-refractivity contribution in [3.63, 3.8) is 0 Å². The fourth-order valence-electron chi connectivity index (χ4n) is 3.10. The zero-order valence-corrected chi connectivity index (χ0v) is 14.0. The maximum atomic E-state index is 13.3. The van der Waals surface area contributed by atoms with Crippen molar-refractivity contribution in [1.29, 1.82) is 0 Å². The van der Waals surface area contributed by atoms with E-state index in [1.807, 2.05) is 0 Å². The predicted molar refractivity (Wildman–Crippen MR) is 89.1 cm³/mol. The van der Waals surface area contributed by atoms with Crippen molar-refractivity contribution in [3.8, 4) is 0 Å². The van der Waals surface area contributed by atoms with Crippen molar-refractivity contribution in [2.45, 2.75) is 12.2 Å². The molecule has 2 aromatic rings. The molecule has 1 atom stereocenters. The molecule has 1 aliphatic heterocycles. The van der Waals surface area contributed by atoms with Crippen LogP contribution in [0, 0.1) is 5.82 Å². The maximum absolute atomic E-state index is 13.3. The third-order valence-corrected chi connectivity index (χ3v) is 4.66. The molecule has 0 bridgehead atoms. The van der Waals surface area contributed by atoms with E-state index >= 15 is 0 Å². The minimum absolute atomic E-state index is 0.265. The SMILES string of the molecule is Fc1ccc(C(c2cc(C(F)(F)F)ccc2Cl)N2CCNCC2)cc1. The Bertz CT molecular complexity index is 725. The largest absolute Gasteiger partial charge is 0.416 e. The van der Waals surface area contributed by atoms with Gasteiger partial charge in [-0.1, -0.05) is 23.7 Å². The molecule has 1 unspecified atom stereocenters. The van der Waals surface area contributed by atoms with Gasteiger partial charge in [-0.3, -0.25) is 4.90 Å². The molecule has 2 aromatic carbocycles. The number of nitrogens with one attached hydrogen (secondary N) is 1. The van der Waals surface area contributed by atoms with Gasteiger partial charge in [0, 0.05) is 31.2 Å². The van der Waals surface area contributed by atoms with Gasteiger partial charge >= 0.3 is 6.18 Å². The molecule has 25 heavy (non-hydrogen) atoms. The van der Waals surface area contributed by atoms with Crippen LogP contribution in [-0.2, 0) is 6.18 Å². The van der Waals surface area contributed by atoms with Gasteiger partial charge in [-0.2, -0.15) is 13.2 Å². The van der Waals surface area contributed by atoms with Crippen LogP contribution < -0.4 is 5.32 Å². The average Bonchev–Trinajstić information content (AvgIpc) is 2.58. The highest BCUT2D eigenvalue weighted by Crippen LogP contribution is 2.38. The van der Waals surface area contributed by atoms with Crippen molar-refractivity contribution in [2.75, 3.05) is 26.2 Å². The fourth-order valence-corrected chi connectivity index (χ4v) is 3.32. The minimum Gasteiger partial charge on any atom is -0.314 e. The number of halogens is 5. The van der Waals surface area contributed by atoms with Gasteiger partial charge < -0.3 is 5.32 Å². The third kappa shape index (κ3) is 4.14. The first kappa shape index (κ1) is 18.2. The van der Waals surface area contributed by atoms with Crippen LogP contribution >= 0.6 is 11.6 Å². The van der Waals surface area contributed by atoms with Crippen LogP contribution in [0.3, 0.4) is 0 Å². The Hall–Kier alpha value is -1.63. The summed E-state index contributed by atoms with van der Waals surface area (Å²) in [5.41, 5.74) is 0.351. The first-order valence-electron chi connectivity index (χ1n) is 7.93. The lowest BCUT2D eigenvalue weighted by Gasteiger charge is -2.36. The molecule has 0 spiro atoms. The highest BCUT2D eigenvalue weighted by molar-refractivity contribution is 6.31. The Kier molecular flexibility index (Phi) is 5.32. The third-order valence-electron chi connectivity index (χ3n) is 4.32. The second kappa shape index (κ2) is 7.32. The van der Waals surface area contributed by atoms with Gasteiger partial charge in [0.15, 0.2) is 0 Å². The molecule has 0 radical (unpaired) electrons. The molecule has 1 fully saturated rings. The highest BCUT2D eigenvalue weighted by Gasteiger charge is 2.33. The Morgan fingerprint density at radius 2 is 1.64 bits per heavy atom. The van der Waals surface area contributed by atoms with Crippen molar-refractivity contribution < 1.29 is 17.6 Å². The summed E-state index contributed by atoms with van der Waals surface area (Å²) in [6, 6.07) is 8.70. The molecule has 1 N–H and O–H groups in total. The normalized spacial score (nSPS) is 17.5. The first-order valence-corrected chi connectivity index (χ1v) is 8.31. The van der Waals surface area contributed by atoms with Crippen molar-refractivity contribution in [2.24, 2.45) is 0 Å². The molecular formula is C18H17ClF4N2. The number of piperazine rings is 1. The van der Waals surface area contributed by atoms with E-state index in [1.165, 1.54) is 18.2 Å². The van der Waals surface area contributed by atoms with E-state index in [2.05, 4.69) is 10.2 Å². The zero-order chi connectivity index (χ0) is 18.0. The van der Waals surface area contributed by atoms with Crippen molar-refractivity contribution >= 4 is 11.6 Å². The number of hydrogen-bond donors (Lipinski definition) is 1. The molecule has 7 heteroatoms. The second-order valence-electron chi connectivity index (χ2n) is 5.97. The summed E-state index contributed by atoms with van der Waals surface area (Å²) < 4.78 is 52.7. The van der Waals surface area contributed by atoms with E-state index < -0.39 is 23.6 Å². The topological polar surface area (TPSA) is 15.3 Å². The monoisotopic (exact) mass is 372 g/mol. The van der Waals surface area contributed by atoms with Crippen molar-refractivity contribution in [3.05, 3.63) is 70.0 Å². The van der Waals surface area contributed by atoms with Crippen LogP contribution in [0.15, 0.2) is 42.5 Å². The quantitative estimate of drug-likeness (QED) is 0.798. The number of benzene rings is 2. The molecule has 3 rings (SSSR count). The van der Waals surface area contributed by atoms with E-state index in [9.17, 15) is 17.6 Å². The van der Waals surface area contributed by atoms with Gasteiger partial charge in [0.1, 0.15) is 5.82 Å². The van der Waals surface area contributed by atoms with E-state index in [0.29, 0.717) is 24.2 Å². The molecule has 134 valence electrons. The first-order chi connectivity index (χ1) is 11.9. The molecule has 1 heterocycles. The zero-order valence-electron chi connectivity index (χ0n) is 13.3. The molecule has 0 aliphatic carbocycles. The lowest BCUT2D eigenvalue weighted by Crippen LogP contribution is -2.45. The molecule has 2 nitrogen and oxygen atoms in total. The van der Waals surface area contributed by atoms with Crippen LogP contribution in [0.2, 0.25) is 5.02 Å². The summed E-state index contributed by atoms with van der Waals surface area (Å²) in [7, 11) is 0. The lowest BCUT2D eigenvalue weighted by atomic mass is 9.94. The highest BCUT2D eigenvalue weighted by atomic mass is 35.5. The van der Waals surface area contributed by atoms with Gasteiger partial charge in [0.2, 0.25) is 0 Å². The number of alkyl halides is 3. The van der Waals surface area contributed by atoms with E-state index in [4.69, 9.17) is 11.6 Å². The maximum Gasteiger partial charge on any atom is 0.416 e. The van der Waals surface area contributed by atoms with Crippen LogP contribution in [0.1, 0.15) is 22.7 Å². The molecule has 0 saturated carbocycles. The molecule has 1 saturated heterocycles. The van der Waals surface area contributed by atoms with Gasteiger partial charge in [0.25, 0.3) is 0 Å². The lowest BCUT2D eigenvalue weighted by molar-refractivity contribution is -0.137. The molecule has 0 amide bonds. The number of hydrogen-bond acceptors (Lipinski definition) is 2. The number of nitrogens with zero attached hydrogens (tertiary/aromatic N) is 1. The van der Waals surface area contributed by atoms with Gasteiger partial charge in [-0.15, -0.1) is 0 Å². The van der Waals surface area contributed by atoms with Crippen LogP contribution in [0.25, 0.3) is 0 Å². The second-order valence-corrected chi connectivity index (χ2v) is 6.38. The van der Waals surface area contributed by atoms with Crippen LogP contribution in [-0.4, -0.2) is 31.1 Å². The van der Waals surface area contributed by atoms with E-state index in [0.717, 1.165) is 25.2 Å². The molecule has 0 aromatic heterocycles. The van der Waals surface area contributed by atoms with Gasteiger partial charge in [-0.25, -0.2) is 4.39 Å². The Morgan fingerprint density at radius 3 is 2.24 bits per heavy atom. The summed E-state index contributed by atoms with van der Waals surface area (Å²) in [4.78, 5) is 2.06. The summed E-state index contributed by atoms with van der Waals surface area (Å²) >= 11 is 6.26. The van der Waals surface area contributed by atoms with E-state index in [-0.39, 0.29) is 5.02 Å². The summed E-state index contributed by atoms with van der Waals surface area (Å²) in [5.74, 6) is -0.391. The van der Waals surface area contributed by atoms with Gasteiger partial charge in [0.05, 0.1) is 11.6 Å².